The summed E-state index contributed by atoms with van der Waals surface area (Å²) in [5, 5.41) is 7.91. The van der Waals surface area contributed by atoms with Gasteiger partial charge in [0.1, 0.15) is 22.9 Å². The van der Waals surface area contributed by atoms with Crippen LogP contribution in [0.15, 0.2) is 48.5 Å². The standard InChI is InChI=1S/C22H22FN3O4/c23-16-3-7-18(8-4-16)30-17-5-1-14(2-6-17)13-24-19(27)15-9-11-22(12-10-15)20(28)25-21(29)26-22/h1-8,15H,9-13H2,(H,24,27)(H2,25,26,28,29). The fourth-order valence-electron chi connectivity index (χ4n) is 3.90. The van der Waals surface area contributed by atoms with Crippen molar-refractivity contribution in [2.45, 2.75) is 37.8 Å². The van der Waals surface area contributed by atoms with Gasteiger partial charge in [-0.25, -0.2) is 9.18 Å². The van der Waals surface area contributed by atoms with E-state index < -0.39 is 11.6 Å². The third-order valence-electron chi connectivity index (χ3n) is 5.66. The first-order valence-electron chi connectivity index (χ1n) is 9.87. The Hall–Kier alpha value is -3.42. The summed E-state index contributed by atoms with van der Waals surface area (Å²) in [4.78, 5) is 35.9. The minimum absolute atomic E-state index is 0.0544. The van der Waals surface area contributed by atoms with Crippen LogP contribution in [0.25, 0.3) is 0 Å². The summed E-state index contributed by atoms with van der Waals surface area (Å²) in [5.74, 6) is 0.307. The summed E-state index contributed by atoms with van der Waals surface area (Å²) in [6.45, 7) is 0.383. The SMILES string of the molecule is O=C1NC(=O)C2(CCC(C(=O)NCc3ccc(Oc4ccc(F)cc4)cc3)CC2)N1. The van der Waals surface area contributed by atoms with Crippen molar-refractivity contribution < 1.29 is 23.5 Å². The van der Waals surface area contributed by atoms with Crippen molar-refractivity contribution in [1.29, 1.82) is 0 Å². The number of urea groups is 1. The number of nitrogens with one attached hydrogen (secondary N) is 3. The Labute approximate surface area is 173 Å². The van der Waals surface area contributed by atoms with Crippen molar-refractivity contribution in [1.82, 2.24) is 16.0 Å². The Morgan fingerprint density at radius 2 is 1.63 bits per heavy atom. The second-order valence-electron chi connectivity index (χ2n) is 7.68. The Morgan fingerprint density at radius 1 is 1.03 bits per heavy atom. The molecule has 1 heterocycles. The molecule has 7 nitrogen and oxygen atoms in total. The number of ether oxygens (including phenoxy) is 1. The van der Waals surface area contributed by atoms with E-state index in [9.17, 15) is 18.8 Å². The molecule has 8 heteroatoms. The number of halogens is 1. The van der Waals surface area contributed by atoms with Crippen LogP contribution in [-0.4, -0.2) is 23.4 Å². The van der Waals surface area contributed by atoms with Gasteiger partial charge in [-0.15, -0.1) is 0 Å². The minimum atomic E-state index is -0.853. The lowest BCUT2D eigenvalue weighted by atomic mass is 9.76. The third-order valence-corrected chi connectivity index (χ3v) is 5.66. The maximum atomic E-state index is 12.9. The topological polar surface area (TPSA) is 96.5 Å². The van der Waals surface area contributed by atoms with E-state index >= 15 is 0 Å². The van der Waals surface area contributed by atoms with Crippen molar-refractivity contribution >= 4 is 17.8 Å². The van der Waals surface area contributed by atoms with Gasteiger partial charge in [0, 0.05) is 12.5 Å². The summed E-state index contributed by atoms with van der Waals surface area (Å²) >= 11 is 0. The zero-order valence-corrected chi connectivity index (χ0v) is 16.2. The van der Waals surface area contributed by atoms with Gasteiger partial charge in [-0.05, 0) is 67.6 Å². The highest BCUT2D eigenvalue weighted by molar-refractivity contribution is 6.07. The van der Waals surface area contributed by atoms with E-state index in [0.29, 0.717) is 43.7 Å². The molecular weight excluding hydrogens is 389 g/mol. The number of carbonyl (C=O) groups excluding carboxylic acids is 3. The van der Waals surface area contributed by atoms with Gasteiger partial charge < -0.3 is 15.4 Å². The van der Waals surface area contributed by atoms with E-state index in [2.05, 4.69) is 16.0 Å². The van der Waals surface area contributed by atoms with Crippen molar-refractivity contribution in [3.8, 4) is 11.5 Å². The van der Waals surface area contributed by atoms with Crippen LogP contribution < -0.4 is 20.7 Å². The van der Waals surface area contributed by atoms with Crippen LogP contribution in [0.3, 0.4) is 0 Å². The summed E-state index contributed by atoms with van der Waals surface area (Å²) < 4.78 is 18.6. The molecule has 0 radical (unpaired) electrons. The zero-order valence-electron chi connectivity index (χ0n) is 16.2. The first-order valence-corrected chi connectivity index (χ1v) is 9.87. The zero-order chi connectivity index (χ0) is 21.1. The molecule has 3 N–H and O–H groups in total. The molecule has 1 saturated heterocycles. The number of rotatable bonds is 5. The summed E-state index contributed by atoms with van der Waals surface area (Å²) in [6, 6.07) is 12.6. The van der Waals surface area contributed by atoms with E-state index in [4.69, 9.17) is 4.74 Å². The van der Waals surface area contributed by atoms with E-state index in [0.717, 1.165) is 5.56 Å². The van der Waals surface area contributed by atoms with Gasteiger partial charge in [-0.2, -0.15) is 0 Å². The Kier molecular flexibility index (Phi) is 5.39. The molecule has 1 spiro atoms. The average Bonchev–Trinajstić information content (AvgIpc) is 3.02. The molecule has 0 aromatic heterocycles. The van der Waals surface area contributed by atoms with Gasteiger partial charge in [0.05, 0.1) is 0 Å². The predicted octanol–water partition coefficient (Wildman–Crippen LogP) is 3.00. The van der Waals surface area contributed by atoms with Crippen LogP contribution in [0.1, 0.15) is 31.2 Å². The maximum Gasteiger partial charge on any atom is 0.322 e. The molecule has 2 aliphatic rings. The number of hydrogen-bond acceptors (Lipinski definition) is 4. The predicted molar refractivity (Wildman–Crippen MR) is 106 cm³/mol. The van der Waals surface area contributed by atoms with Crippen LogP contribution >= 0.6 is 0 Å². The lowest BCUT2D eigenvalue weighted by Gasteiger charge is -2.33. The number of hydrogen-bond donors (Lipinski definition) is 3. The monoisotopic (exact) mass is 411 g/mol. The molecule has 0 bridgehead atoms. The van der Waals surface area contributed by atoms with Crippen molar-refractivity contribution in [3.05, 3.63) is 59.9 Å². The van der Waals surface area contributed by atoms with Crippen molar-refractivity contribution in [2.75, 3.05) is 0 Å². The maximum absolute atomic E-state index is 12.9. The number of carbonyl (C=O) groups is 3. The van der Waals surface area contributed by atoms with E-state index in [1.54, 1.807) is 24.3 Å². The molecule has 1 aliphatic carbocycles. The highest BCUT2D eigenvalue weighted by Crippen LogP contribution is 2.34. The van der Waals surface area contributed by atoms with Crippen molar-refractivity contribution in [2.24, 2.45) is 5.92 Å². The van der Waals surface area contributed by atoms with Gasteiger partial charge >= 0.3 is 6.03 Å². The van der Waals surface area contributed by atoms with Crippen molar-refractivity contribution in [3.63, 3.8) is 0 Å². The molecule has 1 aliphatic heterocycles. The van der Waals surface area contributed by atoms with Crippen LogP contribution in [0.2, 0.25) is 0 Å². The second-order valence-corrected chi connectivity index (χ2v) is 7.68. The fraction of sp³-hybridized carbons (Fsp3) is 0.318. The average molecular weight is 411 g/mol. The molecule has 2 aromatic rings. The second kappa shape index (κ2) is 8.14. The molecule has 4 amide bonds. The number of imide groups is 1. The molecule has 4 rings (SSSR count). The normalized spacial score (nSPS) is 23.0. The van der Waals surface area contributed by atoms with Gasteiger partial charge in [-0.1, -0.05) is 12.1 Å². The number of benzene rings is 2. The van der Waals surface area contributed by atoms with E-state index in [1.165, 1.54) is 12.1 Å². The van der Waals surface area contributed by atoms with E-state index in [1.807, 2.05) is 12.1 Å². The van der Waals surface area contributed by atoms with Gasteiger partial charge in [0.15, 0.2) is 0 Å². The Bertz CT molecular complexity index is 951. The van der Waals surface area contributed by atoms with Gasteiger partial charge in [0.25, 0.3) is 5.91 Å². The van der Waals surface area contributed by atoms with Crippen LogP contribution in [0.5, 0.6) is 11.5 Å². The Morgan fingerprint density at radius 3 is 2.20 bits per heavy atom. The quantitative estimate of drug-likeness (QED) is 0.659. The molecule has 2 fully saturated rings. The lowest BCUT2D eigenvalue weighted by molar-refractivity contribution is -0.130. The van der Waals surface area contributed by atoms with Crippen LogP contribution in [0, 0.1) is 11.7 Å². The van der Waals surface area contributed by atoms with Crippen LogP contribution in [0.4, 0.5) is 9.18 Å². The molecule has 1 saturated carbocycles. The smallest absolute Gasteiger partial charge is 0.322 e. The highest BCUT2D eigenvalue weighted by Gasteiger charge is 2.48. The molecule has 156 valence electrons. The summed E-state index contributed by atoms with van der Waals surface area (Å²) in [5.41, 5.74) is 0.0679. The minimum Gasteiger partial charge on any atom is -0.457 e. The number of amides is 4. The third kappa shape index (κ3) is 4.27. The molecule has 0 atom stereocenters. The summed E-state index contributed by atoms with van der Waals surface area (Å²) in [6.07, 6.45) is 2.00. The first-order chi connectivity index (χ1) is 14.4. The van der Waals surface area contributed by atoms with Gasteiger partial charge in [-0.3, -0.25) is 14.9 Å². The molecule has 30 heavy (non-hydrogen) atoms. The lowest BCUT2D eigenvalue weighted by Crippen LogP contribution is -2.50. The molecule has 2 aromatic carbocycles. The molecule has 0 unspecified atom stereocenters. The summed E-state index contributed by atoms with van der Waals surface area (Å²) in [7, 11) is 0. The highest BCUT2D eigenvalue weighted by atomic mass is 19.1. The van der Waals surface area contributed by atoms with E-state index in [-0.39, 0.29) is 23.5 Å². The first kappa shape index (κ1) is 19.9. The molecular formula is C22H22FN3O4. The van der Waals surface area contributed by atoms with Gasteiger partial charge in [0.2, 0.25) is 5.91 Å². The fourth-order valence-corrected chi connectivity index (χ4v) is 3.90. The Balaban J connectivity index is 1.25. The largest absolute Gasteiger partial charge is 0.457 e. The van der Waals surface area contributed by atoms with Crippen LogP contribution in [-0.2, 0) is 16.1 Å².